The summed E-state index contributed by atoms with van der Waals surface area (Å²) in [7, 11) is 0. The Morgan fingerprint density at radius 3 is 2.54 bits per heavy atom. The van der Waals surface area contributed by atoms with Gasteiger partial charge in [-0.05, 0) is 37.1 Å². The Morgan fingerprint density at radius 1 is 1.04 bits per heavy atom. The summed E-state index contributed by atoms with van der Waals surface area (Å²) >= 11 is 1.70. The fourth-order valence-electron chi connectivity index (χ4n) is 3.20. The van der Waals surface area contributed by atoms with Crippen LogP contribution in [0.4, 0.5) is 5.95 Å². The Labute approximate surface area is 146 Å². The maximum Gasteiger partial charge on any atom is 0.225 e. The van der Waals surface area contributed by atoms with Gasteiger partial charge in [0.25, 0.3) is 0 Å². The van der Waals surface area contributed by atoms with Crippen molar-refractivity contribution in [3.8, 4) is 0 Å². The molecule has 6 heteroatoms. The third-order valence-electron chi connectivity index (χ3n) is 4.75. The van der Waals surface area contributed by atoms with Crippen LogP contribution in [-0.2, 0) is 0 Å². The molecule has 24 heavy (non-hydrogen) atoms. The van der Waals surface area contributed by atoms with Crippen molar-refractivity contribution >= 4 is 27.5 Å². The van der Waals surface area contributed by atoms with Crippen LogP contribution in [0.15, 0.2) is 36.1 Å². The summed E-state index contributed by atoms with van der Waals surface area (Å²) in [6.07, 6.45) is 3.78. The van der Waals surface area contributed by atoms with Gasteiger partial charge in [0.15, 0.2) is 0 Å². The molecule has 124 valence electrons. The molecule has 3 heterocycles. The Bertz CT molecular complexity index is 821. The van der Waals surface area contributed by atoms with Crippen molar-refractivity contribution in [2.75, 3.05) is 31.1 Å². The monoisotopic (exact) mass is 339 g/mol. The summed E-state index contributed by atoms with van der Waals surface area (Å²) in [6.45, 7) is 8.27. The number of nitrogens with zero attached hydrogens (tertiary/aromatic N) is 5. The van der Waals surface area contributed by atoms with Crippen LogP contribution in [-0.4, -0.2) is 46.0 Å². The summed E-state index contributed by atoms with van der Waals surface area (Å²) in [5, 5.41) is 0. The molecular formula is C18H21N5S. The number of fused-ring (bicyclic) bond motifs is 1. The molecule has 0 amide bonds. The second kappa shape index (κ2) is 6.45. The molecule has 4 rings (SSSR count). The number of anilines is 1. The van der Waals surface area contributed by atoms with Gasteiger partial charge in [-0.1, -0.05) is 6.07 Å². The van der Waals surface area contributed by atoms with E-state index in [4.69, 9.17) is 0 Å². The van der Waals surface area contributed by atoms with Gasteiger partial charge in [0.1, 0.15) is 0 Å². The molecule has 0 saturated carbocycles. The van der Waals surface area contributed by atoms with Crippen LogP contribution >= 0.6 is 11.3 Å². The van der Waals surface area contributed by atoms with Gasteiger partial charge in [-0.15, -0.1) is 11.3 Å². The lowest BCUT2D eigenvalue weighted by Crippen LogP contribution is -2.47. The second-order valence-electron chi connectivity index (χ2n) is 6.34. The Hall–Kier alpha value is -2.05. The molecule has 1 saturated heterocycles. The number of thiazole rings is 1. The van der Waals surface area contributed by atoms with E-state index >= 15 is 0 Å². The van der Waals surface area contributed by atoms with Gasteiger partial charge in [-0.25, -0.2) is 15.0 Å². The SMILES string of the molecule is Cc1cnc(N2CCN([C@H](C)c3ccc4scnc4c3)CC2)nc1. The van der Waals surface area contributed by atoms with Crippen LogP contribution in [0.1, 0.15) is 24.1 Å². The predicted molar refractivity (Wildman–Crippen MR) is 98.6 cm³/mol. The van der Waals surface area contributed by atoms with E-state index in [1.165, 1.54) is 10.3 Å². The number of aromatic nitrogens is 3. The van der Waals surface area contributed by atoms with E-state index in [0.717, 1.165) is 43.2 Å². The summed E-state index contributed by atoms with van der Waals surface area (Å²) in [6, 6.07) is 7.05. The molecule has 0 aliphatic carbocycles. The zero-order valence-electron chi connectivity index (χ0n) is 14.0. The summed E-state index contributed by atoms with van der Waals surface area (Å²) < 4.78 is 1.26. The first-order chi connectivity index (χ1) is 11.7. The first-order valence-electron chi connectivity index (χ1n) is 8.31. The molecule has 1 aliphatic rings. The number of aryl methyl sites for hydroxylation is 1. The Morgan fingerprint density at radius 2 is 1.79 bits per heavy atom. The quantitative estimate of drug-likeness (QED) is 0.733. The summed E-state index contributed by atoms with van der Waals surface area (Å²) in [4.78, 5) is 18.1. The molecule has 0 unspecified atom stereocenters. The standard InChI is InChI=1S/C18H21N5S/c1-13-10-19-18(20-11-13)23-7-5-22(6-8-23)14(2)15-3-4-17-16(9-15)21-12-24-17/h3-4,9-12,14H,5-8H2,1-2H3/t14-/m1/s1. The molecule has 1 aliphatic heterocycles. The Balaban J connectivity index is 1.43. The van der Waals surface area contributed by atoms with Gasteiger partial charge >= 0.3 is 0 Å². The van der Waals surface area contributed by atoms with Gasteiger partial charge in [0.2, 0.25) is 5.95 Å². The lowest BCUT2D eigenvalue weighted by Gasteiger charge is -2.38. The van der Waals surface area contributed by atoms with Crippen molar-refractivity contribution in [2.24, 2.45) is 0 Å². The maximum atomic E-state index is 4.45. The highest BCUT2D eigenvalue weighted by Gasteiger charge is 2.23. The number of hydrogen-bond donors (Lipinski definition) is 0. The maximum absolute atomic E-state index is 4.45. The van der Waals surface area contributed by atoms with Crippen molar-refractivity contribution < 1.29 is 0 Å². The molecular weight excluding hydrogens is 318 g/mol. The average molecular weight is 339 g/mol. The van der Waals surface area contributed by atoms with Crippen LogP contribution < -0.4 is 4.90 Å². The van der Waals surface area contributed by atoms with E-state index in [0.29, 0.717) is 6.04 Å². The van der Waals surface area contributed by atoms with Crippen LogP contribution in [0.3, 0.4) is 0 Å². The zero-order valence-corrected chi connectivity index (χ0v) is 14.8. The van der Waals surface area contributed by atoms with Gasteiger partial charge < -0.3 is 4.90 Å². The highest BCUT2D eigenvalue weighted by Crippen LogP contribution is 2.26. The van der Waals surface area contributed by atoms with E-state index in [2.05, 4.69) is 49.9 Å². The van der Waals surface area contributed by atoms with E-state index in [1.807, 2.05) is 24.8 Å². The minimum absolute atomic E-state index is 0.400. The topological polar surface area (TPSA) is 45.2 Å². The Kier molecular flexibility index (Phi) is 4.16. The third kappa shape index (κ3) is 2.99. The lowest BCUT2D eigenvalue weighted by atomic mass is 10.1. The van der Waals surface area contributed by atoms with Crippen molar-refractivity contribution in [1.29, 1.82) is 0 Å². The lowest BCUT2D eigenvalue weighted by molar-refractivity contribution is 0.198. The number of hydrogen-bond acceptors (Lipinski definition) is 6. The van der Waals surface area contributed by atoms with Crippen molar-refractivity contribution in [2.45, 2.75) is 19.9 Å². The minimum atomic E-state index is 0.400. The fourth-order valence-corrected chi connectivity index (χ4v) is 3.86. The molecule has 1 atom stereocenters. The number of piperazine rings is 1. The van der Waals surface area contributed by atoms with Crippen LogP contribution in [0, 0.1) is 6.92 Å². The predicted octanol–water partition coefficient (Wildman–Crippen LogP) is 3.28. The molecule has 1 fully saturated rings. The van der Waals surface area contributed by atoms with Crippen LogP contribution in [0.5, 0.6) is 0 Å². The first-order valence-corrected chi connectivity index (χ1v) is 9.19. The largest absolute Gasteiger partial charge is 0.338 e. The van der Waals surface area contributed by atoms with Gasteiger partial charge in [0.05, 0.1) is 15.7 Å². The van der Waals surface area contributed by atoms with E-state index in [-0.39, 0.29) is 0 Å². The van der Waals surface area contributed by atoms with E-state index in [9.17, 15) is 0 Å². The van der Waals surface area contributed by atoms with Crippen LogP contribution in [0.25, 0.3) is 10.2 Å². The second-order valence-corrected chi connectivity index (χ2v) is 7.23. The molecule has 3 aromatic rings. The average Bonchev–Trinajstić information content (AvgIpc) is 3.09. The highest BCUT2D eigenvalue weighted by molar-refractivity contribution is 7.16. The fraction of sp³-hybridized carbons (Fsp3) is 0.389. The summed E-state index contributed by atoms with van der Waals surface area (Å²) in [5.41, 5.74) is 5.47. The zero-order chi connectivity index (χ0) is 16.5. The molecule has 0 N–H and O–H groups in total. The smallest absolute Gasteiger partial charge is 0.225 e. The minimum Gasteiger partial charge on any atom is -0.338 e. The van der Waals surface area contributed by atoms with E-state index < -0.39 is 0 Å². The van der Waals surface area contributed by atoms with Gasteiger partial charge in [0, 0.05) is 44.6 Å². The number of rotatable bonds is 3. The molecule has 2 aromatic heterocycles. The first kappa shape index (κ1) is 15.5. The third-order valence-corrected chi connectivity index (χ3v) is 5.56. The van der Waals surface area contributed by atoms with E-state index in [1.54, 1.807) is 11.3 Å². The molecule has 0 radical (unpaired) electrons. The van der Waals surface area contributed by atoms with Crippen molar-refractivity contribution in [1.82, 2.24) is 19.9 Å². The van der Waals surface area contributed by atoms with Crippen molar-refractivity contribution in [3.63, 3.8) is 0 Å². The molecule has 1 aromatic carbocycles. The summed E-state index contributed by atoms with van der Waals surface area (Å²) in [5.74, 6) is 0.844. The molecule has 0 spiro atoms. The normalized spacial score (nSPS) is 17.3. The highest BCUT2D eigenvalue weighted by atomic mass is 32.1. The molecule has 5 nitrogen and oxygen atoms in total. The molecule has 0 bridgehead atoms. The number of benzene rings is 1. The van der Waals surface area contributed by atoms with Crippen molar-refractivity contribution in [3.05, 3.63) is 47.2 Å². The van der Waals surface area contributed by atoms with Gasteiger partial charge in [-0.2, -0.15) is 0 Å². The van der Waals surface area contributed by atoms with Crippen LogP contribution in [0.2, 0.25) is 0 Å². The van der Waals surface area contributed by atoms with Gasteiger partial charge in [-0.3, -0.25) is 4.90 Å².